The third kappa shape index (κ3) is 1.18. The number of anilines is 1. The van der Waals surface area contributed by atoms with E-state index in [9.17, 15) is 9.90 Å². The summed E-state index contributed by atoms with van der Waals surface area (Å²) < 4.78 is 5.39. The molecule has 5 nitrogen and oxygen atoms in total. The molecule has 2 aliphatic rings. The van der Waals surface area contributed by atoms with Gasteiger partial charge in [0.25, 0.3) is 0 Å². The van der Waals surface area contributed by atoms with E-state index in [2.05, 4.69) is 10.6 Å². The van der Waals surface area contributed by atoms with Crippen LogP contribution in [0.4, 0.5) is 10.5 Å². The molecule has 5 heteroatoms. The summed E-state index contributed by atoms with van der Waals surface area (Å²) >= 11 is 0. The summed E-state index contributed by atoms with van der Waals surface area (Å²) in [5.41, 5.74) is 0.704. The number of ether oxygens (including phenoxy) is 1. The van der Waals surface area contributed by atoms with Crippen molar-refractivity contribution in [2.45, 2.75) is 12.0 Å². The molecule has 1 aromatic carbocycles. The van der Waals surface area contributed by atoms with Crippen LogP contribution in [0.15, 0.2) is 18.2 Å². The van der Waals surface area contributed by atoms with E-state index < -0.39 is 11.7 Å². The minimum absolute atomic E-state index is 0.0837. The van der Waals surface area contributed by atoms with Crippen LogP contribution in [0, 0.1) is 0 Å². The van der Waals surface area contributed by atoms with Crippen molar-refractivity contribution in [2.75, 3.05) is 18.4 Å². The number of phenols is 1. The molecule has 84 valence electrons. The fraction of sp³-hybridized carbons (Fsp3) is 0.364. The number of hydrogen-bond donors (Lipinski definition) is 3. The van der Waals surface area contributed by atoms with Gasteiger partial charge in [-0.3, -0.25) is 5.32 Å². The summed E-state index contributed by atoms with van der Waals surface area (Å²) in [5.74, 6) is 0.0837. The van der Waals surface area contributed by atoms with Gasteiger partial charge in [-0.2, -0.15) is 0 Å². The fourth-order valence-corrected chi connectivity index (χ4v) is 2.40. The first-order chi connectivity index (χ1) is 7.71. The van der Waals surface area contributed by atoms with Crippen LogP contribution in [-0.4, -0.2) is 24.3 Å². The van der Waals surface area contributed by atoms with E-state index in [0.29, 0.717) is 12.2 Å². The normalized spacial score (nSPS) is 27.4. The maximum absolute atomic E-state index is 11.5. The maximum atomic E-state index is 11.5. The maximum Gasteiger partial charge on any atom is 0.412 e. The minimum Gasteiger partial charge on any atom is -0.506 e. The first-order valence-corrected chi connectivity index (χ1v) is 5.24. The molecule has 16 heavy (non-hydrogen) atoms. The number of hydrogen-bond acceptors (Lipinski definition) is 4. The van der Waals surface area contributed by atoms with Gasteiger partial charge in [0.1, 0.15) is 5.75 Å². The number of rotatable bonds is 0. The van der Waals surface area contributed by atoms with E-state index in [1.54, 1.807) is 12.1 Å². The Morgan fingerprint density at radius 3 is 3.06 bits per heavy atom. The molecule has 1 spiro atoms. The Hall–Kier alpha value is -1.75. The molecule has 0 aromatic heterocycles. The predicted octanol–water partition coefficient (Wildman–Crippen LogP) is 1.14. The number of phenolic OH excluding ortho intramolecular Hbond substituents is 1. The van der Waals surface area contributed by atoms with Crippen molar-refractivity contribution in [3.8, 4) is 5.75 Å². The van der Waals surface area contributed by atoms with Crippen molar-refractivity contribution >= 4 is 11.8 Å². The molecule has 2 aliphatic heterocycles. The molecule has 0 bridgehead atoms. The molecule has 0 aliphatic carbocycles. The van der Waals surface area contributed by atoms with Crippen molar-refractivity contribution in [3.63, 3.8) is 0 Å². The van der Waals surface area contributed by atoms with Gasteiger partial charge in [-0.15, -0.1) is 0 Å². The number of nitrogens with one attached hydrogen (secondary N) is 2. The van der Waals surface area contributed by atoms with Gasteiger partial charge in [-0.05, 0) is 12.6 Å². The summed E-state index contributed by atoms with van der Waals surface area (Å²) in [6, 6.07) is 5.19. The topological polar surface area (TPSA) is 70.6 Å². The highest BCUT2D eigenvalue weighted by Crippen LogP contribution is 2.43. The largest absolute Gasteiger partial charge is 0.506 e. The lowest BCUT2D eigenvalue weighted by atomic mass is 9.90. The highest BCUT2D eigenvalue weighted by Gasteiger charge is 2.45. The van der Waals surface area contributed by atoms with E-state index in [-0.39, 0.29) is 5.75 Å². The minimum atomic E-state index is -0.615. The molecule has 1 fully saturated rings. The summed E-state index contributed by atoms with van der Waals surface area (Å²) in [5, 5.41) is 15.4. The Morgan fingerprint density at radius 2 is 2.31 bits per heavy atom. The molecule has 0 saturated carbocycles. The molecule has 3 rings (SSSR count). The first-order valence-electron chi connectivity index (χ1n) is 5.24. The molecule has 3 N–H and O–H groups in total. The van der Waals surface area contributed by atoms with Gasteiger partial charge >= 0.3 is 6.09 Å². The summed E-state index contributed by atoms with van der Waals surface area (Å²) in [4.78, 5) is 11.5. The number of carbonyl (C=O) groups is 1. The van der Waals surface area contributed by atoms with Gasteiger partial charge < -0.3 is 15.2 Å². The number of aromatic hydroxyl groups is 1. The van der Waals surface area contributed by atoms with Crippen LogP contribution >= 0.6 is 0 Å². The standard InChI is InChI=1S/C11H12N2O3/c14-8-3-1-2-7-9(8)13-10(15)16-11(7)4-5-12-6-11/h1-3,12,14H,4-6H2,(H,13,15). The zero-order chi connectivity index (χ0) is 11.2. The molecule has 2 heterocycles. The van der Waals surface area contributed by atoms with Crippen LogP contribution in [0.5, 0.6) is 5.75 Å². The van der Waals surface area contributed by atoms with E-state index >= 15 is 0 Å². The Kier molecular flexibility index (Phi) is 1.85. The van der Waals surface area contributed by atoms with Crippen LogP contribution in [0.3, 0.4) is 0 Å². The van der Waals surface area contributed by atoms with Crippen molar-refractivity contribution in [2.24, 2.45) is 0 Å². The van der Waals surface area contributed by atoms with Crippen LogP contribution in [0.2, 0.25) is 0 Å². The van der Waals surface area contributed by atoms with Crippen molar-refractivity contribution < 1.29 is 14.6 Å². The summed E-state index contributed by atoms with van der Waals surface area (Å²) in [7, 11) is 0. The Balaban J connectivity index is 2.18. The monoisotopic (exact) mass is 220 g/mol. The third-order valence-corrected chi connectivity index (χ3v) is 3.16. The van der Waals surface area contributed by atoms with E-state index in [1.165, 1.54) is 0 Å². The van der Waals surface area contributed by atoms with Crippen molar-refractivity contribution in [3.05, 3.63) is 23.8 Å². The second-order valence-electron chi connectivity index (χ2n) is 4.14. The van der Waals surface area contributed by atoms with Gasteiger partial charge in [0.15, 0.2) is 5.60 Å². The second-order valence-corrected chi connectivity index (χ2v) is 4.14. The summed E-state index contributed by atoms with van der Waals surface area (Å²) in [6.45, 7) is 1.40. The number of benzene rings is 1. The Bertz CT molecular complexity index is 453. The van der Waals surface area contributed by atoms with Crippen LogP contribution < -0.4 is 10.6 Å². The Morgan fingerprint density at radius 1 is 1.44 bits per heavy atom. The van der Waals surface area contributed by atoms with Gasteiger partial charge in [0.05, 0.1) is 5.69 Å². The van der Waals surface area contributed by atoms with Crippen molar-refractivity contribution in [1.82, 2.24) is 5.32 Å². The van der Waals surface area contributed by atoms with Crippen LogP contribution in [0.1, 0.15) is 12.0 Å². The molecular formula is C11H12N2O3. The number of para-hydroxylation sites is 1. The molecule has 1 unspecified atom stereocenters. The van der Waals surface area contributed by atoms with Gasteiger partial charge in [0.2, 0.25) is 0 Å². The summed E-state index contributed by atoms with van der Waals surface area (Å²) in [6.07, 6.45) is 0.231. The van der Waals surface area contributed by atoms with Gasteiger partial charge in [-0.1, -0.05) is 12.1 Å². The highest BCUT2D eigenvalue weighted by molar-refractivity contribution is 5.91. The van der Waals surface area contributed by atoms with Gasteiger partial charge in [0, 0.05) is 18.5 Å². The average molecular weight is 220 g/mol. The predicted molar refractivity (Wildman–Crippen MR) is 57.4 cm³/mol. The lowest BCUT2D eigenvalue weighted by Gasteiger charge is -2.34. The first kappa shape index (κ1) is 9.47. The lowest BCUT2D eigenvalue weighted by molar-refractivity contribution is 0.0275. The zero-order valence-electron chi connectivity index (χ0n) is 8.62. The fourth-order valence-electron chi connectivity index (χ4n) is 2.40. The molecular weight excluding hydrogens is 208 g/mol. The SMILES string of the molecule is O=C1Nc2c(O)cccc2C2(CCNC2)O1. The average Bonchev–Trinajstić information content (AvgIpc) is 2.69. The van der Waals surface area contributed by atoms with Gasteiger partial charge in [-0.25, -0.2) is 4.79 Å². The highest BCUT2D eigenvalue weighted by atomic mass is 16.6. The zero-order valence-corrected chi connectivity index (χ0v) is 8.62. The number of amides is 1. The van der Waals surface area contributed by atoms with Crippen LogP contribution in [-0.2, 0) is 10.3 Å². The lowest BCUT2D eigenvalue weighted by Crippen LogP contribution is -2.41. The molecule has 1 amide bonds. The second kappa shape index (κ2) is 3.12. The van der Waals surface area contributed by atoms with E-state index in [4.69, 9.17) is 4.74 Å². The van der Waals surface area contributed by atoms with Crippen molar-refractivity contribution in [1.29, 1.82) is 0 Å². The molecule has 1 saturated heterocycles. The molecule has 1 atom stereocenters. The molecule has 0 radical (unpaired) electrons. The number of fused-ring (bicyclic) bond motifs is 2. The van der Waals surface area contributed by atoms with Crippen LogP contribution in [0.25, 0.3) is 0 Å². The molecule has 1 aromatic rings. The van der Waals surface area contributed by atoms with E-state index in [0.717, 1.165) is 18.5 Å². The Labute approximate surface area is 92.4 Å². The third-order valence-electron chi connectivity index (χ3n) is 3.16. The quantitative estimate of drug-likeness (QED) is 0.573. The smallest absolute Gasteiger partial charge is 0.412 e. The number of carbonyl (C=O) groups excluding carboxylic acids is 1. The van der Waals surface area contributed by atoms with E-state index in [1.807, 2.05) is 6.07 Å².